The van der Waals surface area contributed by atoms with Crippen molar-refractivity contribution in [3.8, 4) is 0 Å². The lowest BCUT2D eigenvalue weighted by molar-refractivity contribution is -0.149. The lowest BCUT2D eigenvalue weighted by Gasteiger charge is -2.12. The molecular formula is C13H17NO5S. The molecule has 0 unspecified atom stereocenters. The van der Waals surface area contributed by atoms with E-state index in [9.17, 15) is 14.4 Å². The Hall–Kier alpha value is -1.89. The van der Waals surface area contributed by atoms with Gasteiger partial charge in [0.15, 0.2) is 6.10 Å². The molecule has 0 aromatic carbocycles. The van der Waals surface area contributed by atoms with Crippen LogP contribution in [0.1, 0.15) is 34.6 Å². The summed E-state index contributed by atoms with van der Waals surface area (Å²) in [4.78, 5) is 35.5. The third-order valence-electron chi connectivity index (χ3n) is 2.70. The summed E-state index contributed by atoms with van der Waals surface area (Å²) in [5.74, 6) is -1.57. The van der Waals surface area contributed by atoms with Crippen molar-refractivity contribution in [2.24, 2.45) is 0 Å². The van der Waals surface area contributed by atoms with Gasteiger partial charge in [0.1, 0.15) is 5.00 Å². The summed E-state index contributed by atoms with van der Waals surface area (Å²) in [7, 11) is 1.22. The van der Waals surface area contributed by atoms with Gasteiger partial charge in [-0.25, -0.2) is 9.59 Å². The number of nitrogens with one attached hydrogen (secondary N) is 1. The number of esters is 2. The first kappa shape index (κ1) is 16.2. The number of thiophene rings is 1. The highest BCUT2D eigenvalue weighted by Crippen LogP contribution is 2.33. The van der Waals surface area contributed by atoms with Crippen LogP contribution in [0.3, 0.4) is 0 Å². The van der Waals surface area contributed by atoms with Crippen LogP contribution in [-0.4, -0.2) is 31.1 Å². The van der Waals surface area contributed by atoms with Crippen LogP contribution >= 0.6 is 11.3 Å². The number of amides is 1. The van der Waals surface area contributed by atoms with Crippen LogP contribution in [0.2, 0.25) is 0 Å². The van der Waals surface area contributed by atoms with E-state index >= 15 is 0 Å². The highest BCUT2D eigenvalue weighted by Gasteiger charge is 2.25. The van der Waals surface area contributed by atoms with Gasteiger partial charge in [-0.15, -0.1) is 11.3 Å². The first-order chi connectivity index (χ1) is 9.27. The molecule has 6 nitrogen and oxygen atoms in total. The third-order valence-corrected chi connectivity index (χ3v) is 3.82. The molecule has 1 N–H and O–H groups in total. The second-order valence-electron chi connectivity index (χ2n) is 4.24. The van der Waals surface area contributed by atoms with Crippen molar-refractivity contribution >= 4 is 34.2 Å². The average molecular weight is 299 g/mol. The van der Waals surface area contributed by atoms with E-state index in [0.29, 0.717) is 5.00 Å². The number of anilines is 1. The van der Waals surface area contributed by atoms with Crippen molar-refractivity contribution < 1.29 is 23.9 Å². The summed E-state index contributed by atoms with van der Waals surface area (Å²) in [5, 5.41) is 3.02. The number of rotatable bonds is 4. The molecule has 0 bridgehead atoms. The first-order valence-electron chi connectivity index (χ1n) is 5.94. The maximum atomic E-state index is 12.1. The minimum atomic E-state index is -1.00. The Morgan fingerprint density at radius 1 is 1.25 bits per heavy atom. The lowest BCUT2D eigenvalue weighted by Crippen LogP contribution is -2.26. The first-order valence-corrected chi connectivity index (χ1v) is 6.76. The number of ether oxygens (including phenoxy) is 2. The molecule has 1 amide bonds. The maximum Gasteiger partial charge on any atom is 0.346 e. The van der Waals surface area contributed by atoms with Gasteiger partial charge in [0.2, 0.25) is 5.91 Å². The van der Waals surface area contributed by atoms with Gasteiger partial charge in [-0.2, -0.15) is 0 Å². The van der Waals surface area contributed by atoms with Crippen LogP contribution in [0.5, 0.6) is 0 Å². The summed E-state index contributed by atoms with van der Waals surface area (Å²) in [5.41, 5.74) is 0.999. The normalized spacial score (nSPS) is 11.7. The van der Waals surface area contributed by atoms with Gasteiger partial charge in [0, 0.05) is 11.8 Å². The van der Waals surface area contributed by atoms with Gasteiger partial charge in [-0.3, -0.25) is 4.79 Å². The monoisotopic (exact) mass is 299 g/mol. The van der Waals surface area contributed by atoms with Crippen LogP contribution in [0, 0.1) is 13.8 Å². The molecule has 0 saturated carbocycles. The van der Waals surface area contributed by atoms with E-state index in [-0.39, 0.29) is 11.5 Å². The SMILES string of the molecule is COC(=O)[C@@H](C)OC(=O)c1c(NC(C)=O)sc(C)c1C. The second kappa shape index (κ2) is 6.51. The van der Waals surface area contributed by atoms with Crippen LogP contribution in [0.4, 0.5) is 5.00 Å². The summed E-state index contributed by atoms with van der Waals surface area (Å²) in [6, 6.07) is 0. The molecule has 1 aromatic heterocycles. The van der Waals surface area contributed by atoms with Crippen LogP contribution in [0.15, 0.2) is 0 Å². The summed E-state index contributed by atoms with van der Waals surface area (Å²) < 4.78 is 9.54. The minimum absolute atomic E-state index is 0.276. The highest BCUT2D eigenvalue weighted by atomic mass is 32.1. The molecule has 0 spiro atoms. The molecule has 0 aliphatic carbocycles. The van der Waals surface area contributed by atoms with Crippen molar-refractivity contribution in [3.63, 3.8) is 0 Å². The second-order valence-corrected chi connectivity index (χ2v) is 5.46. The third kappa shape index (κ3) is 3.57. The standard InChI is InChI=1S/C13H17NO5S/c1-6-8(3)20-11(14-9(4)15)10(6)13(17)19-7(2)12(16)18-5/h7H,1-5H3,(H,14,15)/t7-/m1/s1. The van der Waals surface area contributed by atoms with Crippen molar-refractivity contribution in [2.75, 3.05) is 12.4 Å². The molecule has 1 atom stereocenters. The van der Waals surface area contributed by atoms with Crippen molar-refractivity contribution in [3.05, 3.63) is 16.0 Å². The predicted molar refractivity (Wildman–Crippen MR) is 75.0 cm³/mol. The molecule has 1 heterocycles. The Bertz CT molecular complexity index is 549. The van der Waals surface area contributed by atoms with E-state index in [1.807, 2.05) is 6.92 Å². The smallest absolute Gasteiger partial charge is 0.346 e. The van der Waals surface area contributed by atoms with Crippen molar-refractivity contribution in [2.45, 2.75) is 33.8 Å². The molecule has 110 valence electrons. The fourth-order valence-electron chi connectivity index (χ4n) is 1.55. The molecule has 0 radical (unpaired) electrons. The molecule has 0 aliphatic heterocycles. The molecule has 0 saturated heterocycles. The number of hydrogen-bond donors (Lipinski definition) is 1. The molecular weight excluding hydrogens is 282 g/mol. The predicted octanol–water partition coefficient (Wildman–Crippen LogP) is 2.04. The van der Waals surface area contributed by atoms with Gasteiger partial charge in [-0.1, -0.05) is 0 Å². The van der Waals surface area contributed by atoms with Gasteiger partial charge in [0.05, 0.1) is 12.7 Å². The molecule has 1 rings (SSSR count). The Labute approximate surface area is 121 Å². The van der Waals surface area contributed by atoms with E-state index in [2.05, 4.69) is 10.1 Å². The van der Waals surface area contributed by atoms with Crippen LogP contribution in [0.25, 0.3) is 0 Å². The Morgan fingerprint density at radius 2 is 1.85 bits per heavy atom. The molecule has 0 fully saturated rings. The van der Waals surface area contributed by atoms with E-state index in [4.69, 9.17) is 4.74 Å². The van der Waals surface area contributed by atoms with E-state index < -0.39 is 18.0 Å². The quantitative estimate of drug-likeness (QED) is 0.860. The van der Waals surface area contributed by atoms with E-state index in [1.165, 1.54) is 32.3 Å². The van der Waals surface area contributed by atoms with E-state index in [0.717, 1.165) is 10.4 Å². The Morgan fingerprint density at radius 3 is 2.35 bits per heavy atom. The maximum absolute atomic E-state index is 12.1. The van der Waals surface area contributed by atoms with Crippen LogP contribution < -0.4 is 5.32 Å². The number of hydrogen-bond acceptors (Lipinski definition) is 6. The number of aryl methyl sites for hydroxylation is 1. The van der Waals surface area contributed by atoms with Gasteiger partial charge in [0.25, 0.3) is 0 Å². The zero-order valence-corrected chi connectivity index (χ0v) is 12.8. The zero-order chi connectivity index (χ0) is 15.4. The number of carbonyl (C=O) groups is 3. The van der Waals surface area contributed by atoms with Gasteiger partial charge < -0.3 is 14.8 Å². The van der Waals surface area contributed by atoms with Crippen LogP contribution in [-0.2, 0) is 19.1 Å². The Kier molecular flexibility index (Phi) is 5.26. The fraction of sp³-hybridized carbons (Fsp3) is 0.462. The topological polar surface area (TPSA) is 81.7 Å². The molecule has 1 aromatic rings. The van der Waals surface area contributed by atoms with Crippen molar-refractivity contribution in [1.82, 2.24) is 0 Å². The summed E-state index contributed by atoms with van der Waals surface area (Å²) >= 11 is 1.29. The largest absolute Gasteiger partial charge is 0.466 e. The average Bonchev–Trinajstić information content (AvgIpc) is 2.62. The number of carbonyl (C=O) groups excluding carboxylic acids is 3. The molecule has 7 heteroatoms. The zero-order valence-electron chi connectivity index (χ0n) is 12.0. The van der Waals surface area contributed by atoms with Crippen molar-refractivity contribution in [1.29, 1.82) is 0 Å². The summed E-state index contributed by atoms with van der Waals surface area (Å²) in [6.45, 7) is 6.38. The Balaban J connectivity index is 3.02. The number of methoxy groups -OCH3 is 1. The highest BCUT2D eigenvalue weighted by molar-refractivity contribution is 7.16. The summed E-state index contributed by atoms with van der Waals surface area (Å²) in [6.07, 6.45) is -1.00. The van der Waals surface area contributed by atoms with E-state index in [1.54, 1.807) is 6.92 Å². The fourth-order valence-corrected chi connectivity index (χ4v) is 2.65. The molecule has 20 heavy (non-hydrogen) atoms. The van der Waals surface area contributed by atoms with Gasteiger partial charge >= 0.3 is 11.9 Å². The lowest BCUT2D eigenvalue weighted by atomic mass is 10.1. The minimum Gasteiger partial charge on any atom is -0.466 e. The van der Waals surface area contributed by atoms with Gasteiger partial charge in [-0.05, 0) is 26.3 Å². The molecule has 0 aliphatic rings.